The van der Waals surface area contributed by atoms with Crippen LogP contribution in [-0.2, 0) is 19.6 Å². The number of amides is 1. The standard InChI is InChI=1S/C19H19ClN2O6S/c1-12(23)14-6-4-5-7-16(14)21-18(24)11-28-19(25)13-8-9-15(20)17(10-13)29(26,27)22(2)3/h4-10H,11H2,1-3H3,(H,21,24). The van der Waals surface area contributed by atoms with Crippen LogP contribution in [0.15, 0.2) is 47.4 Å². The van der Waals surface area contributed by atoms with Gasteiger partial charge in [0.15, 0.2) is 12.4 Å². The molecule has 1 N–H and O–H groups in total. The van der Waals surface area contributed by atoms with Gasteiger partial charge in [-0.1, -0.05) is 23.7 Å². The lowest BCUT2D eigenvalue weighted by atomic mass is 10.1. The molecule has 0 bridgehead atoms. The van der Waals surface area contributed by atoms with Crippen LogP contribution in [0, 0.1) is 0 Å². The van der Waals surface area contributed by atoms with Gasteiger partial charge in [-0.15, -0.1) is 0 Å². The fraction of sp³-hybridized carbons (Fsp3) is 0.211. The van der Waals surface area contributed by atoms with E-state index in [1.165, 1.54) is 33.2 Å². The van der Waals surface area contributed by atoms with E-state index in [-0.39, 0.29) is 21.3 Å². The lowest BCUT2D eigenvalue weighted by molar-refractivity contribution is -0.119. The molecule has 10 heteroatoms. The predicted molar refractivity (Wildman–Crippen MR) is 108 cm³/mol. The number of ether oxygens (including phenoxy) is 1. The third-order valence-electron chi connectivity index (χ3n) is 3.84. The van der Waals surface area contributed by atoms with E-state index in [0.29, 0.717) is 11.3 Å². The number of esters is 1. The van der Waals surface area contributed by atoms with E-state index >= 15 is 0 Å². The highest BCUT2D eigenvalue weighted by Gasteiger charge is 2.23. The molecule has 0 fully saturated rings. The van der Waals surface area contributed by atoms with E-state index in [2.05, 4.69) is 5.32 Å². The summed E-state index contributed by atoms with van der Waals surface area (Å²) in [6.45, 7) is 0.744. The number of carbonyl (C=O) groups is 3. The second kappa shape index (κ2) is 9.17. The summed E-state index contributed by atoms with van der Waals surface area (Å²) in [5.41, 5.74) is 0.544. The number of hydrogen-bond donors (Lipinski definition) is 1. The first-order valence-electron chi connectivity index (χ1n) is 8.33. The topological polar surface area (TPSA) is 110 Å². The summed E-state index contributed by atoms with van der Waals surface area (Å²) in [5, 5.41) is 2.45. The summed E-state index contributed by atoms with van der Waals surface area (Å²) in [6.07, 6.45) is 0. The quantitative estimate of drug-likeness (QED) is 0.525. The molecule has 0 atom stereocenters. The minimum absolute atomic E-state index is 0.0474. The van der Waals surface area contributed by atoms with Crippen molar-refractivity contribution >= 4 is 45.0 Å². The summed E-state index contributed by atoms with van der Waals surface area (Å²) in [6, 6.07) is 10.1. The van der Waals surface area contributed by atoms with Gasteiger partial charge in [-0.2, -0.15) is 0 Å². The molecule has 0 unspecified atom stereocenters. The number of Topliss-reactive ketones (excluding diaryl/α,β-unsaturated/α-hetero) is 1. The summed E-state index contributed by atoms with van der Waals surface area (Å²) in [7, 11) is -1.20. The van der Waals surface area contributed by atoms with E-state index in [0.717, 1.165) is 10.4 Å². The van der Waals surface area contributed by atoms with Crippen LogP contribution in [0.4, 0.5) is 5.69 Å². The number of ketones is 1. The van der Waals surface area contributed by atoms with E-state index in [4.69, 9.17) is 16.3 Å². The summed E-state index contributed by atoms with van der Waals surface area (Å²) in [4.78, 5) is 35.6. The molecule has 2 rings (SSSR count). The van der Waals surface area contributed by atoms with Gasteiger partial charge in [0.1, 0.15) is 4.90 Å². The van der Waals surface area contributed by atoms with Crippen LogP contribution >= 0.6 is 11.6 Å². The number of hydrogen-bond acceptors (Lipinski definition) is 6. The van der Waals surface area contributed by atoms with Crippen molar-refractivity contribution in [2.75, 3.05) is 26.0 Å². The van der Waals surface area contributed by atoms with E-state index < -0.39 is 28.5 Å². The second-order valence-corrected chi connectivity index (χ2v) is 8.69. The van der Waals surface area contributed by atoms with Gasteiger partial charge in [-0.3, -0.25) is 9.59 Å². The van der Waals surface area contributed by atoms with Gasteiger partial charge in [-0.05, 0) is 37.3 Å². The number of anilines is 1. The number of halogens is 1. The lowest BCUT2D eigenvalue weighted by Crippen LogP contribution is -2.24. The Kier molecular flexibility index (Phi) is 7.12. The van der Waals surface area contributed by atoms with Crippen LogP contribution in [-0.4, -0.2) is 51.1 Å². The zero-order chi connectivity index (χ0) is 21.8. The molecule has 2 aromatic carbocycles. The first-order chi connectivity index (χ1) is 13.5. The van der Waals surface area contributed by atoms with Crippen molar-refractivity contribution < 1.29 is 27.5 Å². The van der Waals surface area contributed by atoms with Gasteiger partial charge in [0, 0.05) is 19.7 Å². The molecule has 0 aliphatic heterocycles. The molecular weight excluding hydrogens is 420 g/mol. The van der Waals surface area contributed by atoms with Crippen molar-refractivity contribution in [1.82, 2.24) is 4.31 Å². The third-order valence-corrected chi connectivity index (χ3v) is 6.14. The molecule has 1 amide bonds. The minimum Gasteiger partial charge on any atom is -0.452 e. The SMILES string of the molecule is CC(=O)c1ccccc1NC(=O)COC(=O)c1ccc(Cl)c(S(=O)(=O)N(C)C)c1. The Hall–Kier alpha value is -2.75. The van der Waals surface area contributed by atoms with Crippen molar-refractivity contribution in [3.05, 3.63) is 58.6 Å². The van der Waals surface area contributed by atoms with Gasteiger partial charge >= 0.3 is 5.97 Å². The number of para-hydroxylation sites is 1. The molecule has 0 spiro atoms. The van der Waals surface area contributed by atoms with E-state index in [1.807, 2.05) is 0 Å². The van der Waals surface area contributed by atoms with Crippen molar-refractivity contribution in [1.29, 1.82) is 0 Å². The number of nitrogens with zero attached hydrogens (tertiary/aromatic N) is 1. The first-order valence-corrected chi connectivity index (χ1v) is 10.1. The van der Waals surface area contributed by atoms with Crippen molar-refractivity contribution in [2.45, 2.75) is 11.8 Å². The minimum atomic E-state index is -3.87. The summed E-state index contributed by atoms with van der Waals surface area (Å²) in [5.74, 6) is -1.78. The smallest absolute Gasteiger partial charge is 0.338 e. The average Bonchev–Trinajstić information content (AvgIpc) is 2.66. The largest absolute Gasteiger partial charge is 0.452 e. The van der Waals surface area contributed by atoms with Crippen LogP contribution in [0.25, 0.3) is 0 Å². The monoisotopic (exact) mass is 438 g/mol. The van der Waals surface area contributed by atoms with Crippen LogP contribution in [0.1, 0.15) is 27.6 Å². The fourth-order valence-electron chi connectivity index (χ4n) is 2.32. The molecule has 0 aromatic heterocycles. The Balaban J connectivity index is 2.10. The molecule has 0 heterocycles. The van der Waals surface area contributed by atoms with Crippen molar-refractivity contribution in [3.63, 3.8) is 0 Å². The zero-order valence-electron chi connectivity index (χ0n) is 15.9. The average molecular weight is 439 g/mol. The number of sulfonamides is 1. The van der Waals surface area contributed by atoms with Gasteiger partial charge in [0.25, 0.3) is 5.91 Å². The Morgan fingerprint density at radius 2 is 1.76 bits per heavy atom. The fourth-order valence-corrected chi connectivity index (χ4v) is 3.72. The Bertz CT molecular complexity index is 1070. The van der Waals surface area contributed by atoms with Gasteiger partial charge in [0.2, 0.25) is 10.0 Å². The molecule has 0 saturated heterocycles. The van der Waals surface area contributed by atoms with Crippen molar-refractivity contribution in [2.24, 2.45) is 0 Å². The van der Waals surface area contributed by atoms with Crippen LogP contribution in [0.5, 0.6) is 0 Å². The second-order valence-electron chi connectivity index (χ2n) is 6.16. The number of rotatable bonds is 7. The molecule has 8 nitrogen and oxygen atoms in total. The molecule has 0 aliphatic rings. The van der Waals surface area contributed by atoms with Crippen LogP contribution in [0.2, 0.25) is 5.02 Å². The number of nitrogens with one attached hydrogen (secondary N) is 1. The zero-order valence-corrected chi connectivity index (χ0v) is 17.5. The summed E-state index contributed by atoms with van der Waals surface area (Å²) >= 11 is 5.94. The summed E-state index contributed by atoms with van der Waals surface area (Å²) < 4.78 is 30.5. The molecule has 2 aromatic rings. The van der Waals surface area contributed by atoms with Gasteiger partial charge in [0.05, 0.1) is 16.3 Å². The molecule has 0 radical (unpaired) electrons. The highest BCUT2D eigenvalue weighted by atomic mass is 35.5. The molecule has 154 valence electrons. The maximum atomic E-state index is 12.3. The third kappa shape index (κ3) is 5.41. The van der Waals surface area contributed by atoms with Crippen LogP contribution < -0.4 is 5.32 Å². The van der Waals surface area contributed by atoms with Gasteiger partial charge in [-0.25, -0.2) is 17.5 Å². The van der Waals surface area contributed by atoms with Crippen molar-refractivity contribution in [3.8, 4) is 0 Å². The Labute approximate surface area is 173 Å². The van der Waals surface area contributed by atoms with E-state index in [9.17, 15) is 22.8 Å². The first kappa shape index (κ1) is 22.5. The molecule has 0 saturated carbocycles. The number of benzene rings is 2. The maximum absolute atomic E-state index is 12.3. The predicted octanol–water partition coefficient (Wildman–Crippen LogP) is 2.59. The highest BCUT2D eigenvalue weighted by molar-refractivity contribution is 7.89. The van der Waals surface area contributed by atoms with Gasteiger partial charge < -0.3 is 10.1 Å². The maximum Gasteiger partial charge on any atom is 0.338 e. The Morgan fingerprint density at radius 1 is 1.10 bits per heavy atom. The Morgan fingerprint density at radius 3 is 2.38 bits per heavy atom. The molecular formula is C19H19ClN2O6S. The normalized spacial score (nSPS) is 11.2. The van der Waals surface area contributed by atoms with Crippen LogP contribution in [0.3, 0.4) is 0 Å². The molecule has 0 aliphatic carbocycles. The lowest BCUT2D eigenvalue weighted by Gasteiger charge is -2.14. The van der Waals surface area contributed by atoms with E-state index in [1.54, 1.807) is 24.3 Å². The number of carbonyl (C=O) groups excluding carboxylic acids is 3. The molecule has 29 heavy (non-hydrogen) atoms. The highest BCUT2D eigenvalue weighted by Crippen LogP contribution is 2.25.